The van der Waals surface area contributed by atoms with Crippen molar-refractivity contribution in [3.63, 3.8) is 0 Å². The Kier molecular flexibility index (Phi) is 3.49. The highest BCUT2D eigenvalue weighted by atomic mass is 15.1. The summed E-state index contributed by atoms with van der Waals surface area (Å²) in [5, 5.41) is 0. The number of nitrogens with two attached hydrogens (primary N) is 1. The van der Waals surface area contributed by atoms with Gasteiger partial charge < -0.3 is 5.73 Å². The summed E-state index contributed by atoms with van der Waals surface area (Å²) in [6.07, 6.45) is 2.34. The smallest absolute Gasteiger partial charge is 0.0354 e. The van der Waals surface area contributed by atoms with Crippen molar-refractivity contribution in [2.75, 3.05) is 12.8 Å². The molecule has 0 bridgehead atoms. The molecule has 0 aromatic heterocycles. The maximum absolute atomic E-state index is 5.88. The van der Waals surface area contributed by atoms with Crippen LogP contribution in [0.25, 0.3) is 0 Å². The minimum absolute atomic E-state index is 0.520. The molecule has 2 heteroatoms. The van der Waals surface area contributed by atoms with E-state index in [1.54, 1.807) is 0 Å². The summed E-state index contributed by atoms with van der Waals surface area (Å²) in [7, 11) is 2.22. The summed E-state index contributed by atoms with van der Waals surface area (Å²) >= 11 is 0. The van der Waals surface area contributed by atoms with Crippen LogP contribution in [-0.4, -0.2) is 11.9 Å². The molecule has 0 heterocycles. The van der Waals surface area contributed by atoms with Crippen LogP contribution in [0, 0.1) is 6.92 Å². The first kappa shape index (κ1) is 13.2. The molecular formula is C18H22N2. The molecule has 0 saturated carbocycles. The molecule has 0 fully saturated rings. The number of aryl methyl sites for hydroxylation is 2. The molecule has 1 aliphatic carbocycles. The van der Waals surface area contributed by atoms with Crippen LogP contribution < -0.4 is 5.73 Å². The van der Waals surface area contributed by atoms with Crippen molar-refractivity contribution in [1.82, 2.24) is 4.90 Å². The van der Waals surface area contributed by atoms with E-state index in [2.05, 4.69) is 55.3 Å². The molecule has 1 unspecified atom stereocenters. The maximum atomic E-state index is 5.88. The molecule has 1 aliphatic rings. The largest absolute Gasteiger partial charge is 0.399 e. The molecule has 0 spiro atoms. The number of hydrogen-bond acceptors (Lipinski definition) is 2. The second kappa shape index (κ2) is 5.29. The minimum atomic E-state index is 0.520. The molecule has 0 amide bonds. The molecule has 20 heavy (non-hydrogen) atoms. The van der Waals surface area contributed by atoms with E-state index in [-0.39, 0.29) is 0 Å². The van der Waals surface area contributed by atoms with Gasteiger partial charge in [0.25, 0.3) is 0 Å². The highest BCUT2D eigenvalue weighted by molar-refractivity contribution is 5.47. The molecule has 2 N–H and O–H groups in total. The third kappa shape index (κ3) is 2.56. The Labute approximate surface area is 121 Å². The quantitative estimate of drug-likeness (QED) is 0.858. The van der Waals surface area contributed by atoms with Crippen LogP contribution in [-0.2, 0) is 13.0 Å². The number of nitrogen functional groups attached to an aromatic ring is 1. The average Bonchev–Trinajstić information content (AvgIpc) is 2.81. The van der Waals surface area contributed by atoms with Crippen LogP contribution >= 0.6 is 0 Å². The molecule has 0 saturated heterocycles. The molecule has 2 aromatic carbocycles. The maximum Gasteiger partial charge on any atom is 0.0354 e. The predicted molar refractivity (Wildman–Crippen MR) is 84.6 cm³/mol. The van der Waals surface area contributed by atoms with Gasteiger partial charge in [-0.05, 0) is 55.6 Å². The Bertz CT molecular complexity index is 619. The molecule has 104 valence electrons. The summed E-state index contributed by atoms with van der Waals surface area (Å²) in [6, 6.07) is 15.7. The van der Waals surface area contributed by atoms with Gasteiger partial charge in [-0.2, -0.15) is 0 Å². The lowest BCUT2D eigenvalue weighted by Crippen LogP contribution is -2.22. The molecule has 0 aliphatic heterocycles. The van der Waals surface area contributed by atoms with E-state index in [1.165, 1.54) is 28.7 Å². The summed E-state index contributed by atoms with van der Waals surface area (Å²) in [4.78, 5) is 2.46. The first-order chi connectivity index (χ1) is 9.63. The number of rotatable bonds is 3. The van der Waals surface area contributed by atoms with E-state index in [0.717, 1.165) is 18.7 Å². The van der Waals surface area contributed by atoms with Crippen LogP contribution in [0.2, 0.25) is 0 Å². The zero-order valence-corrected chi connectivity index (χ0v) is 12.3. The average molecular weight is 266 g/mol. The van der Waals surface area contributed by atoms with Crippen molar-refractivity contribution in [3.8, 4) is 0 Å². The SMILES string of the molecule is Cc1cccc(CN(C)C2CCc3cc(N)ccc32)c1. The van der Waals surface area contributed by atoms with E-state index >= 15 is 0 Å². The monoisotopic (exact) mass is 266 g/mol. The first-order valence-corrected chi connectivity index (χ1v) is 7.27. The van der Waals surface area contributed by atoms with Gasteiger partial charge in [0.15, 0.2) is 0 Å². The van der Waals surface area contributed by atoms with Gasteiger partial charge in [0.05, 0.1) is 0 Å². The topological polar surface area (TPSA) is 29.3 Å². The van der Waals surface area contributed by atoms with Gasteiger partial charge >= 0.3 is 0 Å². The lowest BCUT2D eigenvalue weighted by molar-refractivity contribution is 0.236. The van der Waals surface area contributed by atoms with Crippen molar-refractivity contribution in [3.05, 3.63) is 64.7 Å². The highest BCUT2D eigenvalue weighted by Gasteiger charge is 2.25. The summed E-state index contributed by atoms with van der Waals surface area (Å²) < 4.78 is 0. The number of nitrogens with zero attached hydrogens (tertiary/aromatic N) is 1. The van der Waals surface area contributed by atoms with Crippen LogP contribution in [0.1, 0.15) is 34.7 Å². The number of anilines is 1. The third-order valence-corrected chi connectivity index (χ3v) is 4.26. The van der Waals surface area contributed by atoms with Gasteiger partial charge in [-0.15, -0.1) is 0 Å². The molecule has 2 aromatic rings. The van der Waals surface area contributed by atoms with E-state index in [4.69, 9.17) is 5.73 Å². The lowest BCUT2D eigenvalue weighted by Gasteiger charge is -2.25. The summed E-state index contributed by atoms with van der Waals surface area (Å²) in [5.74, 6) is 0. The normalized spacial score (nSPS) is 17.4. The van der Waals surface area contributed by atoms with Crippen molar-refractivity contribution >= 4 is 5.69 Å². The summed E-state index contributed by atoms with van der Waals surface area (Å²) in [5.41, 5.74) is 12.3. The number of benzene rings is 2. The van der Waals surface area contributed by atoms with Gasteiger partial charge in [0.2, 0.25) is 0 Å². The van der Waals surface area contributed by atoms with Gasteiger partial charge in [0, 0.05) is 18.3 Å². The molecule has 1 atom stereocenters. The fourth-order valence-electron chi connectivity index (χ4n) is 3.28. The van der Waals surface area contributed by atoms with Crippen LogP contribution in [0.5, 0.6) is 0 Å². The standard InChI is InChI=1S/C18H22N2/c1-13-4-3-5-14(10-13)12-20(2)18-9-6-15-11-16(19)7-8-17(15)18/h3-5,7-8,10-11,18H,6,9,12,19H2,1-2H3. The number of fused-ring (bicyclic) bond motifs is 1. The Morgan fingerprint density at radius 2 is 2.05 bits per heavy atom. The summed E-state index contributed by atoms with van der Waals surface area (Å²) in [6.45, 7) is 3.15. The lowest BCUT2D eigenvalue weighted by atomic mass is 10.1. The fourth-order valence-corrected chi connectivity index (χ4v) is 3.28. The Morgan fingerprint density at radius 3 is 2.85 bits per heavy atom. The van der Waals surface area contributed by atoms with Crippen molar-refractivity contribution in [2.45, 2.75) is 32.4 Å². The van der Waals surface area contributed by atoms with Gasteiger partial charge in [-0.1, -0.05) is 35.9 Å². The molecule has 0 radical (unpaired) electrons. The van der Waals surface area contributed by atoms with E-state index in [9.17, 15) is 0 Å². The Morgan fingerprint density at radius 1 is 1.20 bits per heavy atom. The second-order valence-electron chi connectivity index (χ2n) is 5.92. The van der Waals surface area contributed by atoms with Gasteiger partial charge in [-0.25, -0.2) is 0 Å². The van der Waals surface area contributed by atoms with Crippen molar-refractivity contribution in [2.24, 2.45) is 0 Å². The van der Waals surface area contributed by atoms with E-state index < -0.39 is 0 Å². The third-order valence-electron chi connectivity index (χ3n) is 4.26. The van der Waals surface area contributed by atoms with Crippen molar-refractivity contribution in [1.29, 1.82) is 0 Å². The van der Waals surface area contributed by atoms with E-state index in [0.29, 0.717) is 6.04 Å². The van der Waals surface area contributed by atoms with Crippen LogP contribution in [0.4, 0.5) is 5.69 Å². The van der Waals surface area contributed by atoms with E-state index in [1.807, 2.05) is 6.07 Å². The Balaban J connectivity index is 1.78. The molecular weight excluding hydrogens is 244 g/mol. The fraction of sp³-hybridized carbons (Fsp3) is 0.333. The first-order valence-electron chi connectivity index (χ1n) is 7.27. The predicted octanol–water partition coefficient (Wildman–Crippen LogP) is 3.70. The highest BCUT2D eigenvalue weighted by Crippen LogP contribution is 2.36. The van der Waals surface area contributed by atoms with Crippen LogP contribution in [0.15, 0.2) is 42.5 Å². The molecule has 2 nitrogen and oxygen atoms in total. The Hall–Kier alpha value is -1.80. The minimum Gasteiger partial charge on any atom is -0.399 e. The number of hydrogen-bond donors (Lipinski definition) is 1. The zero-order valence-electron chi connectivity index (χ0n) is 12.3. The van der Waals surface area contributed by atoms with Crippen molar-refractivity contribution < 1.29 is 0 Å². The molecule has 3 rings (SSSR count). The van der Waals surface area contributed by atoms with Crippen LogP contribution in [0.3, 0.4) is 0 Å². The van der Waals surface area contributed by atoms with Gasteiger partial charge in [0.1, 0.15) is 0 Å². The zero-order chi connectivity index (χ0) is 14.1. The van der Waals surface area contributed by atoms with Gasteiger partial charge in [-0.3, -0.25) is 4.90 Å². The second-order valence-corrected chi connectivity index (χ2v) is 5.92.